The topological polar surface area (TPSA) is 63.2 Å². The Labute approximate surface area is 79.2 Å². The summed E-state index contributed by atoms with van der Waals surface area (Å²) in [5, 5.41) is 2.79. The van der Waals surface area contributed by atoms with Crippen molar-refractivity contribution in [3.05, 3.63) is 12.7 Å². The van der Waals surface area contributed by atoms with E-state index in [1.807, 2.05) is 0 Å². The van der Waals surface area contributed by atoms with E-state index in [-0.39, 0.29) is 17.5 Å². The number of allylic oxidation sites excluding steroid dienone is 1. The second-order valence-corrected chi connectivity index (χ2v) is 6.69. The quantitative estimate of drug-likeness (QED) is 0.561. The summed E-state index contributed by atoms with van der Waals surface area (Å²) in [6, 6.07) is -0.131. The number of rotatable bonds is 4. The van der Waals surface area contributed by atoms with Gasteiger partial charge in [0.15, 0.2) is 16.0 Å². The summed E-state index contributed by atoms with van der Waals surface area (Å²) in [4.78, 5) is 0. The van der Waals surface area contributed by atoms with Crippen LogP contribution in [0.5, 0.6) is 0 Å². The molecule has 1 saturated heterocycles. The fourth-order valence-corrected chi connectivity index (χ4v) is 4.03. The molecular formula is C7H13NO3PS+. The van der Waals surface area contributed by atoms with E-state index < -0.39 is 17.8 Å². The van der Waals surface area contributed by atoms with Crippen LogP contribution in [0.2, 0.25) is 0 Å². The average Bonchev–Trinajstić information content (AvgIpc) is 2.30. The van der Waals surface area contributed by atoms with E-state index in [2.05, 4.69) is 11.7 Å². The van der Waals surface area contributed by atoms with Crippen LogP contribution in [0.15, 0.2) is 12.7 Å². The monoisotopic (exact) mass is 222 g/mol. The minimum absolute atomic E-state index is 0.116. The van der Waals surface area contributed by atoms with Gasteiger partial charge in [0.2, 0.25) is 0 Å². The molecular weight excluding hydrogens is 209 g/mol. The predicted molar refractivity (Wildman–Crippen MR) is 52.9 cm³/mol. The second-order valence-electron chi connectivity index (χ2n) is 3.08. The third-order valence-corrected chi connectivity index (χ3v) is 4.86. The van der Waals surface area contributed by atoms with Gasteiger partial charge in [0.25, 0.3) is 0 Å². The summed E-state index contributed by atoms with van der Waals surface area (Å²) >= 11 is 0. The Bertz CT molecular complexity index is 312. The molecule has 1 fully saturated rings. The lowest BCUT2D eigenvalue weighted by Crippen LogP contribution is -2.24. The SMILES string of the molecule is C=CC[P+](=O)NC1CCS(=O)(=O)C1. The molecule has 0 saturated carbocycles. The first kappa shape index (κ1) is 10.8. The highest BCUT2D eigenvalue weighted by Crippen LogP contribution is 2.20. The van der Waals surface area contributed by atoms with Crippen LogP contribution in [0.25, 0.3) is 0 Å². The first-order valence-electron chi connectivity index (χ1n) is 4.05. The molecule has 1 aliphatic rings. The number of nitrogens with one attached hydrogen (secondary N) is 1. The minimum Gasteiger partial charge on any atom is -0.229 e. The van der Waals surface area contributed by atoms with Crippen molar-refractivity contribution in [1.82, 2.24) is 5.09 Å². The zero-order valence-electron chi connectivity index (χ0n) is 7.27. The molecule has 13 heavy (non-hydrogen) atoms. The zero-order chi connectivity index (χ0) is 9.90. The van der Waals surface area contributed by atoms with Gasteiger partial charge in [0, 0.05) is 0 Å². The van der Waals surface area contributed by atoms with Crippen molar-refractivity contribution >= 4 is 17.8 Å². The van der Waals surface area contributed by atoms with Gasteiger partial charge in [-0.3, -0.25) is 0 Å². The summed E-state index contributed by atoms with van der Waals surface area (Å²) in [6.07, 6.45) is 2.53. The van der Waals surface area contributed by atoms with E-state index in [1.54, 1.807) is 6.08 Å². The van der Waals surface area contributed by atoms with Gasteiger partial charge in [-0.15, -0.1) is 5.09 Å². The lowest BCUT2D eigenvalue weighted by atomic mass is 10.3. The number of sulfone groups is 1. The Morgan fingerprint density at radius 1 is 1.62 bits per heavy atom. The molecule has 0 aromatic carbocycles. The van der Waals surface area contributed by atoms with Crippen molar-refractivity contribution in [2.24, 2.45) is 0 Å². The summed E-state index contributed by atoms with van der Waals surface area (Å²) in [5.74, 6) is 0.327. The Balaban J connectivity index is 2.40. The first-order chi connectivity index (χ1) is 6.03. The number of hydrogen-bond donors (Lipinski definition) is 1. The molecule has 2 atom stereocenters. The van der Waals surface area contributed by atoms with E-state index in [0.29, 0.717) is 12.6 Å². The van der Waals surface area contributed by atoms with Gasteiger partial charge in [0.1, 0.15) is 0 Å². The average molecular weight is 222 g/mol. The molecule has 1 aliphatic heterocycles. The van der Waals surface area contributed by atoms with Crippen LogP contribution in [-0.4, -0.2) is 32.1 Å². The normalized spacial score (nSPS) is 27.1. The van der Waals surface area contributed by atoms with Crippen LogP contribution in [0.4, 0.5) is 0 Å². The van der Waals surface area contributed by atoms with Crippen LogP contribution in [0.3, 0.4) is 0 Å². The molecule has 1 N–H and O–H groups in total. The standard InChI is InChI=1S/C7H13NO3PS/c1-2-4-12(9)8-7-3-5-13(10,11)6-7/h2,7H,1,3-6H2,(H,8,9)/q+1. The second kappa shape index (κ2) is 4.31. The summed E-state index contributed by atoms with van der Waals surface area (Å²) in [6.45, 7) is 3.46. The van der Waals surface area contributed by atoms with E-state index in [4.69, 9.17) is 0 Å². The molecule has 6 heteroatoms. The fraction of sp³-hybridized carbons (Fsp3) is 0.714. The highest BCUT2D eigenvalue weighted by molar-refractivity contribution is 7.91. The van der Waals surface area contributed by atoms with E-state index in [9.17, 15) is 13.0 Å². The largest absolute Gasteiger partial charge is 0.436 e. The lowest BCUT2D eigenvalue weighted by molar-refractivity contribution is 0.568. The summed E-state index contributed by atoms with van der Waals surface area (Å²) in [5.41, 5.74) is 0. The lowest BCUT2D eigenvalue weighted by Gasteiger charge is -1.98. The van der Waals surface area contributed by atoms with Crippen LogP contribution in [-0.2, 0) is 14.4 Å². The maximum absolute atomic E-state index is 11.2. The highest BCUT2D eigenvalue weighted by atomic mass is 32.2. The molecule has 1 rings (SSSR count). The molecule has 0 aromatic rings. The third-order valence-electron chi connectivity index (χ3n) is 1.85. The fourth-order valence-electron chi connectivity index (χ4n) is 1.27. The molecule has 0 aromatic heterocycles. The molecule has 0 amide bonds. The van der Waals surface area contributed by atoms with Gasteiger partial charge in [0.05, 0.1) is 17.5 Å². The molecule has 1 heterocycles. The molecule has 0 aliphatic carbocycles. The van der Waals surface area contributed by atoms with E-state index >= 15 is 0 Å². The smallest absolute Gasteiger partial charge is 0.229 e. The van der Waals surface area contributed by atoms with Crippen LogP contribution < -0.4 is 5.09 Å². The Kier molecular flexibility index (Phi) is 3.59. The summed E-state index contributed by atoms with van der Waals surface area (Å²) in [7, 11) is -4.39. The van der Waals surface area contributed by atoms with Crippen molar-refractivity contribution in [3.8, 4) is 0 Å². The Morgan fingerprint density at radius 3 is 2.77 bits per heavy atom. The van der Waals surface area contributed by atoms with Crippen molar-refractivity contribution in [2.45, 2.75) is 12.5 Å². The number of hydrogen-bond acceptors (Lipinski definition) is 3. The van der Waals surface area contributed by atoms with Crippen LogP contribution >= 0.6 is 7.95 Å². The maximum atomic E-state index is 11.2. The third kappa shape index (κ3) is 3.55. The zero-order valence-corrected chi connectivity index (χ0v) is 8.98. The molecule has 0 spiro atoms. The molecule has 2 unspecified atom stereocenters. The van der Waals surface area contributed by atoms with Crippen LogP contribution in [0.1, 0.15) is 6.42 Å². The van der Waals surface area contributed by atoms with Crippen molar-refractivity contribution < 1.29 is 13.0 Å². The first-order valence-corrected chi connectivity index (χ1v) is 7.32. The minimum atomic E-state index is -2.87. The summed E-state index contributed by atoms with van der Waals surface area (Å²) < 4.78 is 33.2. The van der Waals surface area contributed by atoms with Gasteiger partial charge in [-0.05, 0) is 12.5 Å². The van der Waals surface area contributed by atoms with Crippen molar-refractivity contribution in [3.63, 3.8) is 0 Å². The van der Waals surface area contributed by atoms with Crippen LogP contribution in [0, 0.1) is 0 Å². The molecule has 0 radical (unpaired) electrons. The van der Waals surface area contributed by atoms with E-state index in [0.717, 1.165) is 0 Å². The molecule has 4 nitrogen and oxygen atoms in total. The molecule has 74 valence electrons. The van der Waals surface area contributed by atoms with Gasteiger partial charge >= 0.3 is 7.95 Å². The van der Waals surface area contributed by atoms with Gasteiger partial charge in [-0.25, -0.2) is 8.42 Å². The van der Waals surface area contributed by atoms with E-state index in [1.165, 1.54) is 0 Å². The molecule has 0 bridgehead atoms. The Morgan fingerprint density at radius 2 is 2.31 bits per heavy atom. The maximum Gasteiger partial charge on any atom is 0.436 e. The van der Waals surface area contributed by atoms with Gasteiger partial charge in [-0.1, -0.05) is 11.1 Å². The van der Waals surface area contributed by atoms with Gasteiger partial charge in [-0.2, -0.15) is 0 Å². The van der Waals surface area contributed by atoms with Crippen molar-refractivity contribution in [1.29, 1.82) is 0 Å². The Hall–Kier alpha value is -0.250. The highest BCUT2D eigenvalue weighted by Gasteiger charge is 2.32. The predicted octanol–water partition coefficient (Wildman–Crippen LogP) is 0.692. The van der Waals surface area contributed by atoms with Gasteiger partial charge < -0.3 is 0 Å². The van der Waals surface area contributed by atoms with Crippen molar-refractivity contribution in [2.75, 3.05) is 17.7 Å².